The Morgan fingerprint density at radius 2 is 1.87 bits per heavy atom. The maximum absolute atomic E-state index is 11.0. The summed E-state index contributed by atoms with van der Waals surface area (Å²) in [6, 6.07) is 0. The van der Waals surface area contributed by atoms with Crippen molar-refractivity contribution in [1.82, 2.24) is 0 Å². The third kappa shape index (κ3) is 2.15. The molecule has 4 atom stereocenters. The largest absolute Gasteiger partial charge is 0.481 e. The van der Waals surface area contributed by atoms with Crippen LogP contribution in [-0.2, 0) is 9.59 Å². The van der Waals surface area contributed by atoms with Crippen LogP contribution in [0.25, 0.3) is 0 Å². The lowest BCUT2D eigenvalue weighted by molar-refractivity contribution is -0.154. The summed E-state index contributed by atoms with van der Waals surface area (Å²) in [7, 11) is 0. The number of allylic oxidation sites excluding steroid dienone is 1. The van der Waals surface area contributed by atoms with E-state index in [0.29, 0.717) is 0 Å². The van der Waals surface area contributed by atoms with Gasteiger partial charge in [0.1, 0.15) is 0 Å². The topological polar surface area (TPSA) is 74.6 Å². The third-order valence-corrected chi connectivity index (χ3v) is 3.60. The molecular weight excluding hydrogens is 220 g/mol. The minimum atomic E-state index is -1.11. The van der Waals surface area contributed by atoms with Crippen molar-refractivity contribution in [1.29, 1.82) is 0 Å². The molecule has 0 spiro atoms. The molecule has 0 saturated carbocycles. The Morgan fingerprint density at radius 1 is 1.33 bits per heavy atom. The van der Waals surface area contributed by atoms with Gasteiger partial charge in [0.15, 0.2) is 0 Å². The van der Waals surface area contributed by atoms with Gasteiger partial charge in [0.2, 0.25) is 0 Å². The first-order valence-corrected chi connectivity index (χ1v) is 5.08. The molecule has 0 bridgehead atoms. The monoisotopic (exact) mass is 232 g/mol. The van der Waals surface area contributed by atoms with Crippen LogP contribution < -0.4 is 0 Å². The van der Waals surface area contributed by atoms with Crippen molar-refractivity contribution >= 4 is 23.5 Å². The highest BCUT2D eigenvalue weighted by molar-refractivity contribution is 6.22. The standard InChI is InChI=1S/C10H13ClO4/c1-4-3-6(9(12)13)7(10(14)15)5(2)8(4)11/h3,5-8H,1-2H3,(H,12,13)(H,14,15). The molecule has 2 N–H and O–H groups in total. The molecule has 1 rings (SSSR count). The fraction of sp³-hybridized carbons (Fsp3) is 0.600. The number of carbonyl (C=O) groups is 2. The van der Waals surface area contributed by atoms with Crippen LogP contribution in [0.5, 0.6) is 0 Å². The van der Waals surface area contributed by atoms with Gasteiger partial charge in [-0.3, -0.25) is 9.59 Å². The second-order valence-corrected chi connectivity index (χ2v) is 4.37. The van der Waals surface area contributed by atoms with Gasteiger partial charge in [0.05, 0.1) is 17.2 Å². The summed E-state index contributed by atoms with van der Waals surface area (Å²) in [6.07, 6.45) is 1.44. The van der Waals surface area contributed by atoms with E-state index in [0.717, 1.165) is 5.57 Å². The molecule has 0 aromatic rings. The zero-order valence-electron chi connectivity index (χ0n) is 8.48. The van der Waals surface area contributed by atoms with Gasteiger partial charge in [-0.05, 0) is 12.8 Å². The lowest BCUT2D eigenvalue weighted by atomic mass is 9.74. The molecule has 0 aromatic carbocycles. The van der Waals surface area contributed by atoms with Gasteiger partial charge < -0.3 is 10.2 Å². The minimum Gasteiger partial charge on any atom is -0.481 e. The summed E-state index contributed by atoms with van der Waals surface area (Å²) in [5.41, 5.74) is 0.731. The van der Waals surface area contributed by atoms with Crippen molar-refractivity contribution in [2.75, 3.05) is 0 Å². The highest BCUT2D eigenvalue weighted by Gasteiger charge is 2.43. The zero-order chi connectivity index (χ0) is 11.7. The van der Waals surface area contributed by atoms with Crippen LogP contribution in [0.1, 0.15) is 13.8 Å². The third-order valence-electron chi connectivity index (χ3n) is 2.86. The van der Waals surface area contributed by atoms with E-state index in [4.69, 9.17) is 21.8 Å². The molecule has 1 aliphatic carbocycles. The van der Waals surface area contributed by atoms with E-state index in [-0.39, 0.29) is 5.92 Å². The van der Waals surface area contributed by atoms with E-state index in [1.807, 2.05) is 0 Å². The number of halogens is 1. The summed E-state index contributed by atoms with van der Waals surface area (Å²) in [6.45, 7) is 3.39. The molecule has 0 saturated heterocycles. The van der Waals surface area contributed by atoms with Gasteiger partial charge in [-0.25, -0.2) is 0 Å². The molecule has 4 nitrogen and oxygen atoms in total. The summed E-state index contributed by atoms with van der Waals surface area (Å²) in [4.78, 5) is 21.9. The van der Waals surface area contributed by atoms with Gasteiger partial charge in [0, 0.05) is 0 Å². The summed E-state index contributed by atoms with van der Waals surface area (Å²) in [5.74, 6) is -4.53. The smallest absolute Gasteiger partial charge is 0.311 e. The molecular formula is C10H13ClO4. The van der Waals surface area contributed by atoms with E-state index in [1.54, 1.807) is 13.8 Å². The summed E-state index contributed by atoms with van der Waals surface area (Å²) in [5, 5.41) is 17.5. The van der Waals surface area contributed by atoms with E-state index in [2.05, 4.69) is 0 Å². The van der Waals surface area contributed by atoms with Crippen molar-refractivity contribution in [2.24, 2.45) is 17.8 Å². The van der Waals surface area contributed by atoms with Crippen molar-refractivity contribution in [3.05, 3.63) is 11.6 Å². The average Bonchev–Trinajstić information content (AvgIpc) is 2.12. The van der Waals surface area contributed by atoms with Crippen LogP contribution >= 0.6 is 11.6 Å². The Bertz CT molecular complexity index is 323. The molecule has 0 radical (unpaired) electrons. The number of hydrogen-bond acceptors (Lipinski definition) is 2. The van der Waals surface area contributed by atoms with E-state index in [1.165, 1.54) is 6.08 Å². The molecule has 1 aliphatic rings. The molecule has 0 fully saturated rings. The Hall–Kier alpha value is -1.03. The lowest BCUT2D eigenvalue weighted by Crippen LogP contribution is -2.40. The van der Waals surface area contributed by atoms with E-state index in [9.17, 15) is 9.59 Å². The predicted octanol–water partition coefficient (Wildman–Crippen LogP) is 1.59. The molecule has 4 unspecified atom stereocenters. The number of carboxylic acids is 2. The first-order valence-electron chi connectivity index (χ1n) is 4.64. The molecule has 0 aromatic heterocycles. The fourth-order valence-corrected chi connectivity index (χ4v) is 2.24. The van der Waals surface area contributed by atoms with Crippen molar-refractivity contribution in [3.8, 4) is 0 Å². The molecule has 84 valence electrons. The number of carboxylic acid groups (broad SMARTS) is 2. The number of alkyl halides is 1. The quantitative estimate of drug-likeness (QED) is 0.560. The minimum absolute atomic E-state index is 0.379. The predicted molar refractivity (Wildman–Crippen MR) is 54.8 cm³/mol. The van der Waals surface area contributed by atoms with Crippen LogP contribution in [0.2, 0.25) is 0 Å². The van der Waals surface area contributed by atoms with E-state index >= 15 is 0 Å². The maximum Gasteiger partial charge on any atom is 0.311 e. The molecule has 15 heavy (non-hydrogen) atoms. The normalized spacial score (nSPS) is 35.8. The number of hydrogen-bond donors (Lipinski definition) is 2. The van der Waals surface area contributed by atoms with Crippen LogP contribution in [0.15, 0.2) is 11.6 Å². The molecule has 0 amide bonds. The highest BCUT2D eigenvalue weighted by atomic mass is 35.5. The first-order chi connectivity index (χ1) is 6.86. The molecule has 0 heterocycles. The van der Waals surface area contributed by atoms with Crippen molar-refractivity contribution < 1.29 is 19.8 Å². The molecule has 0 aliphatic heterocycles. The lowest BCUT2D eigenvalue weighted by Gasteiger charge is -2.33. The van der Waals surface area contributed by atoms with Gasteiger partial charge in [-0.15, -0.1) is 11.6 Å². The zero-order valence-corrected chi connectivity index (χ0v) is 9.23. The SMILES string of the molecule is CC1=CC(C(=O)O)C(C(=O)O)C(C)C1Cl. The van der Waals surface area contributed by atoms with Crippen LogP contribution in [0.4, 0.5) is 0 Å². The summed E-state index contributed by atoms with van der Waals surface area (Å²) < 4.78 is 0. The van der Waals surface area contributed by atoms with Crippen LogP contribution in [-0.4, -0.2) is 27.5 Å². The Labute approximate surface area is 92.5 Å². The first kappa shape index (κ1) is 12.0. The van der Waals surface area contributed by atoms with Gasteiger partial charge in [-0.2, -0.15) is 0 Å². The number of rotatable bonds is 2. The Kier molecular flexibility index (Phi) is 3.39. The maximum atomic E-state index is 11.0. The Morgan fingerprint density at radius 3 is 2.27 bits per heavy atom. The van der Waals surface area contributed by atoms with E-state index < -0.39 is 29.2 Å². The Balaban J connectivity index is 3.12. The number of aliphatic carboxylic acids is 2. The fourth-order valence-electron chi connectivity index (χ4n) is 2.01. The van der Waals surface area contributed by atoms with Crippen molar-refractivity contribution in [3.63, 3.8) is 0 Å². The van der Waals surface area contributed by atoms with Gasteiger partial charge in [0.25, 0.3) is 0 Å². The van der Waals surface area contributed by atoms with Crippen LogP contribution in [0.3, 0.4) is 0 Å². The highest BCUT2D eigenvalue weighted by Crippen LogP contribution is 2.37. The van der Waals surface area contributed by atoms with Crippen molar-refractivity contribution in [2.45, 2.75) is 19.2 Å². The van der Waals surface area contributed by atoms with Gasteiger partial charge >= 0.3 is 11.9 Å². The molecule has 5 heteroatoms. The van der Waals surface area contributed by atoms with Gasteiger partial charge in [-0.1, -0.05) is 18.6 Å². The summed E-state index contributed by atoms with van der Waals surface area (Å²) >= 11 is 6.00. The average molecular weight is 233 g/mol. The second-order valence-electron chi connectivity index (χ2n) is 3.90. The second kappa shape index (κ2) is 4.23. The van der Waals surface area contributed by atoms with Crippen LogP contribution in [0, 0.1) is 17.8 Å².